The number of aromatic nitrogens is 7. The summed E-state index contributed by atoms with van der Waals surface area (Å²) in [6, 6.07) is 3.66. The zero-order chi connectivity index (χ0) is 29.7. The molecule has 7 rings (SSSR count). The second-order valence-electron chi connectivity index (χ2n) is 11.6. The zero-order valence-corrected chi connectivity index (χ0v) is 24.3. The predicted molar refractivity (Wildman–Crippen MR) is 154 cm³/mol. The Morgan fingerprint density at radius 2 is 2.00 bits per heavy atom. The second-order valence-corrected chi connectivity index (χ2v) is 12.0. The quantitative estimate of drug-likeness (QED) is 0.246. The van der Waals surface area contributed by atoms with Gasteiger partial charge in [-0.3, -0.25) is 9.59 Å². The molecule has 0 atom stereocenters. The van der Waals surface area contributed by atoms with Crippen LogP contribution in [0.3, 0.4) is 0 Å². The van der Waals surface area contributed by atoms with E-state index in [9.17, 15) is 14.0 Å². The van der Waals surface area contributed by atoms with Crippen molar-refractivity contribution in [3.05, 3.63) is 82.3 Å². The fourth-order valence-electron chi connectivity index (χ4n) is 6.29. The Bertz CT molecular complexity index is 1870. The van der Waals surface area contributed by atoms with Crippen molar-refractivity contribution in [2.75, 3.05) is 7.11 Å². The normalized spacial score (nSPS) is 16.3. The number of hydrogen-bond donors (Lipinski definition) is 1. The lowest BCUT2D eigenvalue weighted by molar-refractivity contribution is -0.152. The predicted octanol–water partition coefficient (Wildman–Crippen LogP) is 4.50. The monoisotopic (exact) mass is 604 g/mol. The van der Waals surface area contributed by atoms with Crippen LogP contribution in [0.2, 0.25) is 5.02 Å². The number of carbonyl (C=O) groups is 2. The molecule has 2 fully saturated rings. The lowest BCUT2D eigenvalue weighted by atomic mass is 9.80. The molecule has 1 N–H and O–H groups in total. The minimum absolute atomic E-state index is 0.00887. The molecule has 1 amide bonds. The minimum atomic E-state index is -0.597. The third-order valence-corrected chi connectivity index (χ3v) is 8.93. The van der Waals surface area contributed by atoms with Crippen molar-refractivity contribution < 1.29 is 18.7 Å². The summed E-state index contributed by atoms with van der Waals surface area (Å²) in [6.45, 7) is 0.294. The van der Waals surface area contributed by atoms with Crippen molar-refractivity contribution >= 4 is 34.6 Å². The van der Waals surface area contributed by atoms with Crippen molar-refractivity contribution in [1.82, 2.24) is 39.1 Å². The molecular formula is C30H30ClFN8O3. The summed E-state index contributed by atoms with van der Waals surface area (Å²) in [5, 5.41) is 10.9. The average molecular weight is 605 g/mol. The molecule has 0 aliphatic heterocycles. The molecule has 0 spiro atoms. The lowest BCUT2D eigenvalue weighted by Crippen LogP contribution is -2.32. The SMILES string of the molecule is COC(=O)C1(Cc2cc(C3CC3)cn3cc(Cn4cc(C(=O)NCc5ncn6ccc(Cl)c(F)c56)nn4)nc23)CCCC1. The number of rotatable bonds is 9. The Labute approximate surface area is 251 Å². The smallest absolute Gasteiger partial charge is 0.312 e. The van der Waals surface area contributed by atoms with E-state index in [2.05, 4.69) is 32.9 Å². The number of methoxy groups -OCH3 is 1. The highest BCUT2D eigenvalue weighted by Gasteiger charge is 2.43. The molecule has 0 saturated heterocycles. The molecule has 2 aliphatic carbocycles. The van der Waals surface area contributed by atoms with Gasteiger partial charge in [-0.15, -0.1) is 5.10 Å². The highest BCUT2D eigenvalue weighted by molar-refractivity contribution is 6.31. The molecular weight excluding hydrogens is 575 g/mol. The maximum absolute atomic E-state index is 14.5. The van der Waals surface area contributed by atoms with Gasteiger partial charge < -0.3 is 18.9 Å². The van der Waals surface area contributed by atoms with Crippen LogP contribution in [-0.2, 0) is 29.0 Å². The number of ether oxygens (including phenoxy) is 1. The van der Waals surface area contributed by atoms with Crippen molar-refractivity contribution in [3.8, 4) is 0 Å². The summed E-state index contributed by atoms with van der Waals surface area (Å²) in [5.41, 5.74) is 4.02. The summed E-state index contributed by atoms with van der Waals surface area (Å²) >= 11 is 5.92. The highest BCUT2D eigenvalue weighted by Crippen LogP contribution is 2.45. The van der Waals surface area contributed by atoms with Crippen molar-refractivity contribution in [2.45, 2.75) is 64.0 Å². The van der Waals surface area contributed by atoms with Crippen LogP contribution in [-0.4, -0.2) is 52.7 Å². The summed E-state index contributed by atoms with van der Waals surface area (Å²) in [7, 11) is 1.47. The van der Waals surface area contributed by atoms with Gasteiger partial charge in [0.2, 0.25) is 0 Å². The van der Waals surface area contributed by atoms with Gasteiger partial charge in [-0.1, -0.05) is 35.7 Å². The molecule has 13 heteroatoms. The number of imidazole rings is 2. The van der Waals surface area contributed by atoms with E-state index < -0.39 is 17.1 Å². The fourth-order valence-corrected chi connectivity index (χ4v) is 6.44. The van der Waals surface area contributed by atoms with Crippen LogP contribution < -0.4 is 5.32 Å². The Morgan fingerprint density at radius 3 is 2.77 bits per heavy atom. The van der Waals surface area contributed by atoms with Crippen LogP contribution in [0.25, 0.3) is 11.2 Å². The molecule has 11 nitrogen and oxygen atoms in total. The first-order chi connectivity index (χ1) is 20.8. The molecule has 0 unspecified atom stereocenters. The fraction of sp³-hybridized carbons (Fsp3) is 0.400. The van der Waals surface area contributed by atoms with Crippen LogP contribution in [0.5, 0.6) is 0 Å². The van der Waals surface area contributed by atoms with Gasteiger partial charge in [0.1, 0.15) is 11.2 Å². The number of nitrogens with zero attached hydrogens (tertiary/aromatic N) is 7. The molecule has 5 aromatic rings. The van der Waals surface area contributed by atoms with E-state index in [-0.39, 0.29) is 28.7 Å². The van der Waals surface area contributed by atoms with Crippen molar-refractivity contribution in [2.24, 2.45) is 5.41 Å². The van der Waals surface area contributed by atoms with Crippen LogP contribution in [0, 0.1) is 11.2 Å². The zero-order valence-electron chi connectivity index (χ0n) is 23.6. The van der Waals surface area contributed by atoms with E-state index in [0.717, 1.165) is 55.4 Å². The third kappa shape index (κ3) is 5.13. The van der Waals surface area contributed by atoms with Gasteiger partial charge >= 0.3 is 5.97 Å². The highest BCUT2D eigenvalue weighted by atomic mass is 35.5. The van der Waals surface area contributed by atoms with Gasteiger partial charge in [-0.25, -0.2) is 19.0 Å². The number of amides is 1. The molecule has 0 aromatic carbocycles. The maximum atomic E-state index is 14.5. The van der Waals surface area contributed by atoms with E-state index in [1.165, 1.54) is 29.5 Å². The number of carbonyl (C=O) groups excluding carboxylic acids is 2. The van der Waals surface area contributed by atoms with E-state index >= 15 is 0 Å². The number of esters is 1. The van der Waals surface area contributed by atoms with Crippen LogP contribution >= 0.6 is 11.6 Å². The van der Waals surface area contributed by atoms with E-state index in [4.69, 9.17) is 21.3 Å². The topological polar surface area (TPSA) is 121 Å². The molecule has 2 aliphatic rings. The van der Waals surface area contributed by atoms with E-state index in [1.807, 2.05) is 10.6 Å². The van der Waals surface area contributed by atoms with Gasteiger partial charge in [-0.2, -0.15) is 0 Å². The first-order valence-corrected chi connectivity index (χ1v) is 14.8. The maximum Gasteiger partial charge on any atom is 0.312 e. The number of halogens is 2. The lowest BCUT2D eigenvalue weighted by Gasteiger charge is -2.26. The Balaban J connectivity index is 1.09. The second kappa shape index (κ2) is 10.7. The molecule has 2 saturated carbocycles. The van der Waals surface area contributed by atoms with E-state index in [1.54, 1.807) is 17.1 Å². The average Bonchev–Trinajstić information content (AvgIpc) is 3.36. The largest absolute Gasteiger partial charge is 0.469 e. The van der Waals surface area contributed by atoms with Gasteiger partial charge in [0, 0.05) is 18.6 Å². The Morgan fingerprint density at radius 1 is 1.19 bits per heavy atom. The van der Waals surface area contributed by atoms with Crippen LogP contribution in [0.1, 0.15) is 77.4 Å². The third-order valence-electron chi connectivity index (χ3n) is 8.64. The number of fused-ring (bicyclic) bond motifs is 2. The van der Waals surface area contributed by atoms with Gasteiger partial charge in [0.05, 0.1) is 54.5 Å². The van der Waals surface area contributed by atoms with E-state index in [0.29, 0.717) is 24.6 Å². The Hall–Kier alpha value is -4.32. The number of nitrogens with one attached hydrogen (secondary N) is 1. The first kappa shape index (κ1) is 27.5. The van der Waals surface area contributed by atoms with Crippen LogP contribution in [0.15, 0.2) is 43.2 Å². The number of hydrogen-bond acceptors (Lipinski definition) is 7. The molecule has 43 heavy (non-hydrogen) atoms. The summed E-state index contributed by atoms with van der Waals surface area (Å²) in [5.74, 6) is -0.668. The molecule has 5 aromatic heterocycles. The van der Waals surface area contributed by atoms with Gasteiger partial charge in [-0.05, 0) is 55.2 Å². The number of pyridine rings is 2. The summed E-state index contributed by atoms with van der Waals surface area (Å²) in [6.07, 6.45) is 15.3. The molecule has 5 heterocycles. The van der Waals surface area contributed by atoms with Crippen LogP contribution in [0.4, 0.5) is 4.39 Å². The van der Waals surface area contributed by atoms with Gasteiger partial charge in [0.25, 0.3) is 5.91 Å². The standard InChI is InChI=1S/C30H30ClFN8O3/c1-43-29(42)30(7-2-3-8-30)11-19-10-20(18-4-5-18)13-39-14-21(35-27(19)39)15-40-16-24(36-37-40)28(41)33-12-23-26-25(32)22(31)6-9-38(26)17-34-23/h6,9-10,13-14,16-18H,2-5,7-8,11-12,15H2,1H3,(H,33,41). The van der Waals surface area contributed by atoms with Crippen molar-refractivity contribution in [1.29, 1.82) is 0 Å². The first-order valence-electron chi connectivity index (χ1n) is 14.4. The van der Waals surface area contributed by atoms with Gasteiger partial charge in [0.15, 0.2) is 11.5 Å². The summed E-state index contributed by atoms with van der Waals surface area (Å²) < 4.78 is 24.9. The summed E-state index contributed by atoms with van der Waals surface area (Å²) in [4.78, 5) is 34.8. The Kier molecular flexibility index (Phi) is 6.88. The molecule has 0 bridgehead atoms. The van der Waals surface area contributed by atoms with Crippen molar-refractivity contribution in [3.63, 3.8) is 0 Å². The molecule has 0 radical (unpaired) electrons. The molecule has 222 valence electrons. The minimum Gasteiger partial charge on any atom is -0.469 e.